The zero-order valence-corrected chi connectivity index (χ0v) is 22.7. The van der Waals surface area contributed by atoms with Gasteiger partial charge in [-0.3, -0.25) is 4.90 Å². The Kier molecular flexibility index (Phi) is 6.83. The van der Waals surface area contributed by atoms with E-state index in [2.05, 4.69) is 54.5 Å². The van der Waals surface area contributed by atoms with Gasteiger partial charge >= 0.3 is 0 Å². The summed E-state index contributed by atoms with van der Waals surface area (Å²) in [5.74, 6) is 2.68. The maximum atomic E-state index is 6.06. The fourth-order valence-electron chi connectivity index (χ4n) is 7.62. The van der Waals surface area contributed by atoms with Crippen LogP contribution in [-0.4, -0.2) is 57.8 Å². The lowest BCUT2D eigenvalue weighted by Crippen LogP contribution is -2.47. The average Bonchev–Trinajstić information content (AvgIpc) is 3.61. The van der Waals surface area contributed by atoms with Crippen molar-refractivity contribution >= 4 is 11.4 Å². The van der Waals surface area contributed by atoms with Crippen molar-refractivity contribution in [1.29, 1.82) is 0 Å². The van der Waals surface area contributed by atoms with Crippen molar-refractivity contribution in [2.75, 3.05) is 62.7 Å². The van der Waals surface area contributed by atoms with E-state index in [1.54, 1.807) is 5.56 Å². The third-order valence-corrected chi connectivity index (χ3v) is 8.95. The quantitative estimate of drug-likeness (QED) is 0.473. The van der Waals surface area contributed by atoms with Gasteiger partial charge in [-0.25, -0.2) is 0 Å². The highest BCUT2D eigenvalue weighted by molar-refractivity contribution is 5.71. The summed E-state index contributed by atoms with van der Waals surface area (Å²) >= 11 is 0. The number of hydrogen-bond acceptors (Lipinski definition) is 4. The van der Waals surface area contributed by atoms with Gasteiger partial charge in [0.25, 0.3) is 0 Å². The summed E-state index contributed by atoms with van der Waals surface area (Å²) in [5, 5.41) is 0. The molecule has 4 nitrogen and oxygen atoms in total. The van der Waals surface area contributed by atoms with Crippen LogP contribution in [0.1, 0.15) is 90.5 Å². The fraction of sp³-hybridized carbons (Fsp3) is 0.800. The van der Waals surface area contributed by atoms with E-state index in [1.165, 1.54) is 82.4 Å². The molecule has 34 heavy (non-hydrogen) atoms. The molecule has 0 N–H and O–H groups in total. The Balaban J connectivity index is 1.48. The topological polar surface area (TPSA) is 19.0 Å². The van der Waals surface area contributed by atoms with Gasteiger partial charge in [-0.2, -0.15) is 0 Å². The number of piperazine rings is 1. The van der Waals surface area contributed by atoms with Crippen LogP contribution < -0.4 is 14.5 Å². The van der Waals surface area contributed by atoms with Gasteiger partial charge in [-0.15, -0.1) is 0 Å². The summed E-state index contributed by atoms with van der Waals surface area (Å²) in [5.41, 5.74) is 5.17. The Bertz CT molecular complexity index is 829. The number of nitrogens with zero attached hydrogens (tertiary/aromatic N) is 3. The normalized spacial score (nSPS) is 26.0. The van der Waals surface area contributed by atoms with Gasteiger partial charge in [0.1, 0.15) is 5.75 Å². The molecule has 0 unspecified atom stereocenters. The number of hydrogen-bond donors (Lipinski definition) is 0. The van der Waals surface area contributed by atoms with Crippen LogP contribution in [0.2, 0.25) is 0 Å². The number of benzene rings is 1. The third-order valence-electron chi connectivity index (χ3n) is 8.95. The minimum absolute atomic E-state index is 0.387. The molecule has 4 aliphatic rings. The van der Waals surface area contributed by atoms with Crippen LogP contribution >= 0.6 is 0 Å². The van der Waals surface area contributed by atoms with Crippen molar-refractivity contribution in [1.82, 2.24) is 4.90 Å². The second kappa shape index (κ2) is 9.56. The van der Waals surface area contributed by atoms with Crippen LogP contribution in [0.4, 0.5) is 11.4 Å². The summed E-state index contributed by atoms with van der Waals surface area (Å²) < 4.78 is 6.06. The molecule has 4 fully saturated rings. The molecular weight excluding hydrogens is 418 g/mol. The molecule has 2 saturated carbocycles. The molecule has 2 aliphatic carbocycles. The highest BCUT2D eigenvalue weighted by Crippen LogP contribution is 2.54. The molecule has 0 bridgehead atoms. The molecule has 0 aromatic heterocycles. The standard InChI is InChI=1S/C30H49N3O/c1-29(2)19-24(20-30(3,4)22-29)25-17-27(32-11-7-6-8-12-32)28(34-5)18-26(25)33-15-13-31(14-16-33)21-23-9-10-23/h17-18,23-24H,6-16,19-22H2,1-5H3. The zero-order chi connectivity index (χ0) is 23.9. The zero-order valence-electron chi connectivity index (χ0n) is 22.7. The minimum atomic E-state index is 0.387. The summed E-state index contributed by atoms with van der Waals surface area (Å²) in [7, 11) is 1.87. The smallest absolute Gasteiger partial charge is 0.144 e. The van der Waals surface area contributed by atoms with Crippen molar-refractivity contribution in [2.24, 2.45) is 16.7 Å². The van der Waals surface area contributed by atoms with E-state index in [1.807, 2.05) is 7.11 Å². The van der Waals surface area contributed by atoms with E-state index in [0.29, 0.717) is 16.7 Å². The lowest BCUT2D eigenvalue weighted by Gasteiger charge is -2.47. The van der Waals surface area contributed by atoms with Gasteiger partial charge in [0.2, 0.25) is 0 Å². The number of methoxy groups -OCH3 is 1. The van der Waals surface area contributed by atoms with Crippen molar-refractivity contribution < 1.29 is 4.74 Å². The summed E-state index contributed by atoms with van der Waals surface area (Å²) in [4.78, 5) is 8.00. The van der Waals surface area contributed by atoms with Crippen LogP contribution in [0.25, 0.3) is 0 Å². The maximum absolute atomic E-state index is 6.06. The summed E-state index contributed by atoms with van der Waals surface area (Å²) in [6.07, 6.45) is 10.8. The average molecular weight is 468 g/mol. The van der Waals surface area contributed by atoms with Crippen molar-refractivity contribution in [3.8, 4) is 5.75 Å². The molecule has 1 aromatic rings. The van der Waals surface area contributed by atoms with Crippen LogP contribution in [0.5, 0.6) is 5.75 Å². The Morgan fingerprint density at radius 3 is 2.00 bits per heavy atom. The first-order valence-electron chi connectivity index (χ1n) is 14.2. The molecular formula is C30H49N3O. The second-order valence-corrected chi connectivity index (χ2v) is 13.5. The lowest BCUT2D eigenvalue weighted by atomic mass is 9.60. The van der Waals surface area contributed by atoms with Gasteiger partial charge < -0.3 is 14.5 Å². The molecule has 4 heteroatoms. The Morgan fingerprint density at radius 2 is 1.41 bits per heavy atom. The maximum Gasteiger partial charge on any atom is 0.144 e. The second-order valence-electron chi connectivity index (χ2n) is 13.5. The molecule has 2 heterocycles. The Hall–Kier alpha value is -1.42. The van der Waals surface area contributed by atoms with E-state index < -0.39 is 0 Å². The molecule has 1 aromatic carbocycles. The van der Waals surface area contributed by atoms with Gasteiger partial charge in [-0.1, -0.05) is 27.7 Å². The minimum Gasteiger partial charge on any atom is -0.495 e. The molecule has 0 amide bonds. The van der Waals surface area contributed by atoms with Crippen molar-refractivity contribution in [3.63, 3.8) is 0 Å². The molecule has 0 atom stereocenters. The van der Waals surface area contributed by atoms with Crippen molar-refractivity contribution in [3.05, 3.63) is 17.7 Å². The summed E-state index contributed by atoms with van der Waals surface area (Å²) in [6, 6.07) is 4.99. The van der Waals surface area contributed by atoms with Crippen molar-refractivity contribution in [2.45, 2.75) is 85.0 Å². The third kappa shape index (κ3) is 5.53. The van der Waals surface area contributed by atoms with Gasteiger partial charge in [0, 0.05) is 57.6 Å². The van der Waals surface area contributed by atoms with Crippen LogP contribution in [0.3, 0.4) is 0 Å². The van der Waals surface area contributed by atoms with Gasteiger partial charge in [0.05, 0.1) is 12.8 Å². The Morgan fingerprint density at radius 1 is 0.794 bits per heavy atom. The fourth-order valence-corrected chi connectivity index (χ4v) is 7.62. The number of ether oxygens (including phenoxy) is 1. The number of piperidine rings is 1. The summed E-state index contributed by atoms with van der Waals surface area (Å²) in [6.45, 7) is 18.3. The first kappa shape index (κ1) is 24.3. The largest absolute Gasteiger partial charge is 0.495 e. The molecule has 2 aliphatic heterocycles. The van der Waals surface area contributed by atoms with E-state index >= 15 is 0 Å². The van der Waals surface area contributed by atoms with Crippen LogP contribution in [0.15, 0.2) is 12.1 Å². The molecule has 5 rings (SSSR count). The first-order valence-corrected chi connectivity index (χ1v) is 14.2. The lowest BCUT2D eigenvalue weighted by molar-refractivity contribution is 0.0969. The highest BCUT2D eigenvalue weighted by Gasteiger charge is 2.40. The van der Waals surface area contributed by atoms with E-state index in [-0.39, 0.29) is 0 Å². The Labute approximate surface area is 209 Å². The first-order chi connectivity index (χ1) is 16.2. The number of anilines is 2. The van der Waals surface area contributed by atoms with Crippen LogP contribution in [0, 0.1) is 16.7 Å². The van der Waals surface area contributed by atoms with E-state index in [9.17, 15) is 0 Å². The van der Waals surface area contributed by atoms with E-state index in [0.717, 1.165) is 37.8 Å². The highest BCUT2D eigenvalue weighted by atomic mass is 16.5. The SMILES string of the molecule is COc1cc(N2CCN(CC3CC3)CC2)c(C2CC(C)(C)CC(C)(C)C2)cc1N1CCCCC1. The molecule has 2 saturated heterocycles. The van der Waals surface area contributed by atoms with Crippen LogP contribution in [-0.2, 0) is 0 Å². The molecule has 190 valence electrons. The van der Waals surface area contributed by atoms with Gasteiger partial charge in [-0.05, 0) is 85.7 Å². The monoisotopic (exact) mass is 467 g/mol. The van der Waals surface area contributed by atoms with E-state index in [4.69, 9.17) is 4.74 Å². The van der Waals surface area contributed by atoms with Gasteiger partial charge in [0.15, 0.2) is 0 Å². The number of rotatable bonds is 6. The molecule has 0 radical (unpaired) electrons. The predicted molar refractivity (Wildman–Crippen MR) is 145 cm³/mol. The predicted octanol–water partition coefficient (Wildman–Crippen LogP) is 6.54. The molecule has 0 spiro atoms.